The largest absolute Gasteiger partial charge is 0.439 e. The van der Waals surface area contributed by atoms with Crippen LogP contribution in [0.3, 0.4) is 0 Å². The van der Waals surface area contributed by atoms with Crippen LogP contribution >= 0.6 is 11.8 Å². The van der Waals surface area contributed by atoms with Gasteiger partial charge in [-0.15, -0.1) is 10.2 Å². The molecule has 2 aromatic heterocycles. The second-order valence-corrected chi connectivity index (χ2v) is 9.00. The Balaban J connectivity index is 1.46. The van der Waals surface area contributed by atoms with E-state index in [0.29, 0.717) is 34.4 Å². The summed E-state index contributed by atoms with van der Waals surface area (Å²) >= 11 is 1.40. The summed E-state index contributed by atoms with van der Waals surface area (Å²) in [7, 11) is 0. The number of nitrogens with two attached hydrogens (primary N) is 1. The Morgan fingerprint density at radius 2 is 1.78 bits per heavy atom. The number of hydrogen-bond donors (Lipinski definition) is 3. The van der Waals surface area contributed by atoms with Gasteiger partial charge in [0.15, 0.2) is 11.0 Å². The van der Waals surface area contributed by atoms with Crippen LogP contribution in [0.4, 0.5) is 17.5 Å². The summed E-state index contributed by atoms with van der Waals surface area (Å²) in [5.74, 6) is 2.63. The van der Waals surface area contributed by atoms with Crippen molar-refractivity contribution in [3.05, 3.63) is 60.2 Å². The Morgan fingerprint density at radius 3 is 2.50 bits per heavy atom. The summed E-state index contributed by atoms with van der Waals surface area (Å²) in [6.07, 6.45) is 1.88. The number of nitrogens with zero attached hydrogens (tertiary/aromatic N) is 4. The van der Waals surface area contributed by atoms with Gasteiger partial charge >= 0.3 is 0 Å². The molecule has 0 aliphatic rings. The zero-order valence-electron chi connectivity index (χ0n) is 18.4. The highest BCUT2D eigenvalue weighted by Gasteiger charge is 2.14. The molecule has 0 atom stereocenters. The average Bonchev–Trinajstić information content (AvgIpc) is 3.22. The molecule has 0 saturated carbocycles. The third-order valence-electron chi connectivity index (χ3n) is 4.71. The van der Waals surface area contributed by atoms with Crippen LogP contribution in [-0.2, 0) is 5.41 Å². The average molecular weight is 448 g/mol. The number of anilines is 3. The molecule has 0 spiro atoms. The Bertz CT molecular complexity index is 1220. The highest BCUT2D eigenvalue weighted by molar-refractivity contribution is 7.98. The number of hydrogen-bond acceptors (Lipinski definition) is 8. The summed E-state index contributed by atoms with van der Waals surface area (Å²) in [5, 5.41) is 12.3. The van der Waals surface area contributed by atoms with Crippen LogP contribution in [0, 0.1) is 0 Å². The molecule has 0 radical (unpaired) electrons. The zero-order chi connectivity index (χ0) is 22.7. The van der Waals surface area contributed by atoms with E-state index in [4.69, 9.17) is 10.5 Å². The van der Waals surface area contributed by atoms with Crippen molar-refractivity contribution in [1.29, 1.82) is 0 Å². The van der Waals surface area contributed by atoms with Gasteiger partial charge in [0, 0.05) is 17.3 Å². The minimum atomic E-state index is 0.0720. The molecule has 0 bridgehead atoms. The predicted molar refractivity (Wildman–Crippen MR) is 129 cm³/mol. The number of nitrogens with one attached hydrogen (secondary N) is 2. The molecule has 4 aromatic rings. The normalized spacial score (nSPS) is 11.4. The Labute approximate surface area is 191 Å². The first-order valence-corrected chi connectivity index (χ1v) is 11.3. The summed E-state index contributed by atoms with van der Waals surface area (Å²) in [4.78, 5) is 11.6. The standard InChI is InChI=1S/C23H25N7OS/c1-23(2,3)15-6-5-7-16(12-15)25-21-28-20(29-30-21)14-8-10-17(11-9-14)31-19-13-18(24)26-22(27-19)32-4/h5-13H,1-4H3,(H2,24,26,27)(H2,25,28,29,30). The van der Waals surface area contributed by atoms with Gasteiger partial charge in [0.05, 0.1) is 0 Å². The zero-order valence-corrected chi connectivity index (χ0v) is 19.2. The van der Waals surface area contributed by atoms with E-state index in [-0.39, 0.29) is 5.41 Å². The third kappa shape index (κ3) is 5.17. The van der Waals surface area contributed by atoms with Gasteiger partial charge in [0.2, 0.25) is 11.8 Å². The molecule has 2 heterocycles. The first-order chi connectivity index (χ1) is 15.3. The Hall–Kier alpha value is -3.59. The molecule has 9 heteroatoms. The maximum atomic E-state index is 5.81. The third-order valence-corrected chi connectivity index (χ3v) is 5.26. The van der Waals surface area contributed by atoms with Crippen molar-refractivity contribution >= 4 is 29.2 Å². The van der Waals surface area contributed by atoms with E-state index >= 15 is 0 Å². The van der Waals surface area contributed by atoms with Gasteiger partial charge < -0.3 is 20.8 Å². The lowest BCUT2D eigenvalue weighted by Gasteiger charge is -2.19. The first kappa shape index (κ1) is 21.6. The van der Waals surface area contributed by atoms with Crippen LogP contribution in [0.5, 0.6) is 11.6 Å². The van der Waals surface area contributed by atoms with Gasteiger partial charge in [-0.1, -0.05) is 44.7 Å². The second-order valence-electron chi connectivity index (χ2n) is 8.22. The second kappa shape index (κ2) is 8.88. The minimum Gasteiger partial charge on any atom is -0.439 e. The number of thioether (sulfide) groups is 1. The number of rotatable bonds is 6. The molecule has 0 aliphatic heterocycles. The molecule has 4 rings (SSSR count). The summed E-state index contributed by atoms with van der Waals surface area (Å²) in [5.41, 5.74) is 8.96. The van der Waals surface area contributed by atoms with E-state index in [1.165, 1.54) is 17.3 Å². The predicted octanol–water partition coefficient (Wildman–Crippen LogP) is 5.40. The lowest BCUT2D eigenvalue weighted by molar-refractivity contribution is 0.456. The van der Waals surface area contributed by atoms with Crippen LogP contribution < -0.4 is 15.8 Å². The fourth-order valence-corrected chi connectivity index (χ4v) is 3.39. The molecule has 8 nitrogen and oxygen atoms in total. The smallest absolute Gasteiger partial charge is 0.226 e. The van der Waals surface area contributed by atoms with Crippen molar-refractivity contribution in [3.63, 3.8) is 0 Å². The van der Waals surface area contributed by atoms with Crippen molar-refractivity contribution < 1.29 is 4.74 Å². The highest BCUT2D eigenvalue weighted by atomic mass is 32.2. The number of nitrogen functional groups attached to an aromatic ring is 1. The molecule has 2 aromatic carbocycles. The van der Waals surface area contributed by atoms with Crippen molar-refractivity contribution in [2.45, 2.75) is 31.3 Å². The number of aromatic amines is 1. The van der Waals surface area contributed by atoms with E-state index in [0.717, 1.165) is 11.3 Å². The van der Waals surface area contributed by atoms with E-state index in [9.17, 15) is 0 Å². The molecular weight excluding hydrogens is 422 g/mol. The molecule has 32 heavy (non-hydrogen) atoms. The maximum Gasteiger partial charge on any atom is 0.226 e. The van der Waals surface area contributed by atoms with Gasteiger partial charge in [0.1, 0.15) is 11.6 Å². The van der Waals surface area contributed by atoms with Crippen LogP contribution in [0.25, 0.3) is 11.4 Å². The van der Waals surface area contributed by atoms with E-state index < -0.39 is 0 Å². The SMILES string of the molecule is CSc1nc(N)cc(Oc2ccc(-c3nnc(Nc4cccc(C(C)(C)C)c4)[nH]3)cc2)n1. The quantitative estimate of drug-likeness (QED) is 0.266. The first-order valence-electron chi connectivity index (χ1n) is 10.1. The van der Waals surface area contributed by atoms with Gasteiger partial charge in [-0.3, -0.25) is 0 Å². The molecule has 4 N–H and O–H groups in total. The van der Waals surface area contributed by atoms with Crippen molar-refractivity contribution in [2.75, 3.05) is 17.3 Å². The summed E-state index contributed by atoms with van der Waals surface area (Å²) in [6.45, 7) is 6.56. The molecule has 0 fully saturated rings. The van der Waals surface area contributed by atoms with Crippen LogP contribution in [0.1, 0.15) is 26.3 Å². The summed E-state index contributed by atoms with van der Waals surface area (Å²) < 4.78 is 5.81. The molecule has 0 aliphatic carbocycles. The highest BCUT2D eigenvalue weighted by Crippen LogP contribution is 2.27. The van der Waals surface area contributed by atoms with E-state index in [1.807, 2.05) is 42.7 Å². The van der Waals surface area contributed by atoms with Gasteiger partial charge in [-0.25, -0.2) is 4.98 Å². The van der Waals surface area contributed by atoms with Gasteiger partial charge in [0.25, 0.3) is 0 Å². The van der Waals surface area contributed by atoms with E-state index in [2.05, 4.69) is 63.4 Å². The number of ether oxygens (including phenoxy) is 1. The van der Waals surface area contributed by atoms with Crippen molar-refractivity contribution in [2.24, 2.45) is 0 Å². The Morgan fingerprint density at radius 1 is 1.00 bits per heavy atom. The molecule has 164 valence electrons. The minimum absolute atomic E-state index is 0.0720. The molecule has 0 unspecified atom stereocenters. The molecular formula is C23H25N7OS. The van der Waals surface area contributed by atoms with Crippen LogP contribution in [-0.4, -0.2) is 31.4 Å². The Kier molecular flexibility index (Phi) is 6.00. The topological polar surface area (TPSA) is 115 Å². The monoisotopic (exact) mass is 447 g/mol. The lowest BCUT2D eigenvalue weighted by atomic mass is 9.87. The fourth-order valence-electron chi connectivity index (χ4n) is 3.01. The molecule has 0 amide bonds. The number of aromatic nitrogens is 5. The van der Waals surface area contributed by atoms with Gasteiger partial charge in [-0.05, 0) is 53.6 Å². The molecule has 0 saturated heterocycles. The van der Waals surface area contributed by atoms with Crippen LogP contribution in [0.15, 0.2) is 59.8 Å². The van der Waals surface area contributed by atoms with Crippen LogP contribution in [0.2, 0.25) is 0 Å². The maximum absolute atomic E-state index is 5.81. The van der Waals surface area contributed by atoms with Crippen molar-refractivity contribution in [3.8, 4) is 23.0 Å². The number of benzene rings is 2. The van der Waals surface area contributed by atoms with Gasteiger partial charge in [-0.2, -0.15) is 4.98 Å². The summed E-state index contributed by atoms with van der Waals surface area (Å²) in [6, 6.07) is 17.4. The lowest BCUT2D eigenvalue weighted by Crippen LogP contribution is -2.11. The van der Waals surface area contributed by atoms with Crippen molar-refractivity contribution in [1.82, 2.24) is 25.1 Å². The fraction of sp³-hybridized carbons (Fsp3) is 0.217. The van der Waals surface area contributed by atoms with E-state index in [1.54, 1.807) is 6.07 Å². The number of H-pyrrole nitrogens is 1.